The zero-order valence-corrected chi connectivity index (χ0v) is 12.4. The van der Waals surface area contributed by atoms with E-state index >= 15 is 0 Å². The van der Waals surface area contributed by atoms with Gasteiger partial charge in [0.1, 0.15) is 0 Å². The highest BCUT2D eigenvalue weighted by Gasteiger charge is 2.21. The van der Waals surface area contributed by atoms with E-state index in [-0.39, 0.29) is 12.5 Å². The standard InChI is InChI=1S/C13H18BrN3O2/c1-2-11(15)13(19)17(8-12(16)18)7-9-3-5-10(14)6-4-9/h3-6,11H,2,7-8,15H2,1H3,(H2,16,18)/t11-/m1/s1. The van der Waals surface area contributed by atoms with E-state index in [1.54, 1.807) is 0 Å². The molecule has 104 valence electrons. The number of hydrogen-bond donors (Lipinski definition) is 2. The lowest BCUT2D eigenvalue weighted by Crippen LogP contribution is -2.46. The van der Waals surface area contributed by atoms with Crippen molar-refractivity contribution in [3.05, 3.63) is 34.3 Å². The van der Waals surface area contributed by atoms with Crippen molar-refractivity contribution in [3.8, 4) is 0 Å². The maximum absolute atomic E-state index is 12.1. The highest BCUT2D eigenvalue weighted by molar-refractivity contribution is 9.10. The number of nitrogens with zero attached hydrogens (tertiary/aromatic N) is 1. The summed E-state index contributed by atoms with van der Waals surface area (Å²) in [6, 6.07) is 6.91. The molecule has 1 aromatic carbocycles. The van der Waals surface area contributed by atoms with Crippen molar-refractivity contribution in [2.24, 2.45) is 11.5 Å². The van der Waals surface area contributed by atoms with Gasteiger partial charge in [0, 0.05) is 11.0 Å². The van der Waals surface area contributed by atoms with E-state index in [1.165, 1.54) is 4.90 Å². The Morgan fingerprint density at radius 1 is 1.32 bits per heavy atom. The fourth-order valence-electron chi connectivity index (χ4n) is 1.62. The molecule has 19 heavy (non-hydrogen) atoms. The number of carbonyl (C=O) groups excluding carboxylic acids is 2. The van der Waals surface area contributed by atoms with Crippen molar-refractivity contribution in [1.82, 2.24) is 4.90 Å². The van der Waals surface area contributed by atoms with Gasteiger partial charge in [-0.1, -0.05) is 35.0 Å². The minimum Gasteiger partial charge on any atom is -0.368 e. The van der Waals surface area contributed by atoms with Crippen LogP contribution in [0.25, 0.3) is 0 Å². The van der Waals surface area contributed by atoms with Gasteiger partial charge in [-0.3, -0.25) is 9.59 Å². The Kier molecular flexibility index (Phi) is 5.98. The number of hydrogen-bond acceptors (Lipinski definition) is 3. The van der Waals surface area contributed by atoms with Gasteiger partial charge in [-0.25, -0.2) is 0 Å². The van der Waals surface area contributed by atoms with Crippen LogP contribution in [-0.2, 0) is 16.1 Å². The van der Waals surface area contributed by atoms with Crippen LogP contribution in [0.5, 0.6) is 0 Å². The van der Waals surface area contributed by atoms with Gasteiger partial charge in [0.2, 0.25) is 11.8 Å². The predicted molar refractivity (Wildman–Crippen MR) is 77.0 cm³/mol. The lowest BCUT2D eigenvalue weighted by molar-refractivity contribution is -0.137. The Bertz CT molecular complexity index is 448. The van der Waals surface area contributed by atoms with Gasteiger partial charge >= 0.3 is 0 Å². The van der Waals surface area contributed by atoms with Crippen molar-refractivity contribution in [3.63, 3.8) is 0 Å². The van der Waals surface area contributed by atoms with Crippen molar-refractivity contribution in [2.75, 3.05) is 6.54 Å². The Labute approximate surface area is 121 Å². The molecule has 1 atom stereocenters. The molecule has 0 fully saturated rings. The Morgan fingerprint density at radius 3 is 2.37 bits per heavy atom. The molecule has 0 radical (unpaired) electrons. The molecule has 2 amide bonds. The first kappa shape index (κ1) is 15.7. The van der Waals surface area contributed by atoms with Gasteiger partial charge in [0.15, 0.2) is 0 Å². The fourth-order valence-corrected chi connectivity index (χ4v) is 1.88. The molecule has 1 rings (SSSR count). The molecule has 0 saturated carbocycles. The number of amides is 2. The van der Waals surface area contributed by atoms with Crippen molar-refractivity contribution in [1.29, 1.82) is 0 Å². The minimum absolute atomic E-state index is 0.122. The molecule has 0 bridgehead atoms. The smallest absolute Gasteiger partial charge is 0.240 e. The first-order valence-corrected chi connectivity index (χ1v) is 6.80. The summed E-state index contributed by atoms with van der Waals surface area (Å²) in [6.45, 7) is 2.02. The number of nitrogens with two attached hydrogens (primary N) is 2. The zero-order valence-electron chi connectivity index (χ0n) is 10.8. The van der Waals surface area contributed by atoms with Crippen LogP contribution in [0.1, 0.15) is 18.9 Å². The number of benzene rings is 1. The largest absolute Gasteiger partial charge is 0.368 e. The first-order valence-electron chi connectivity index (χ1n) is 6.01. The summed E-state index contributed by atoms with van der Waals surface area (Å²) in [6.07, 6.45) is 0.522. The average Bonchev–Trinajstić information content (AvgIpc) is 2.38. The van der Waals surface area contributed by atoms with Crippen molar-refractivity contribution >= 4 is 27.7 Å². The van der Waals surface area contributed by atoms with Crippen LogP contribution in [0.15, 0.2) is 28.7 Å². The maximum Gasteiger partial charge on any atom is 0.240 e. The quantitative estimate of drug-likeness (QED) is 0.816. The Hall–Kier alpha value is -1.40. The predicted octanol–water partition coefficient (Wildman–Crippen LogP) is 1.00. The molecule has 0 unspecified atom stereocenters. The lowest BCUT2D eigenvalue weighted by Gasteiger charge is -2.24. The summed E-state index contributed by atoms with van der Waals surface area (Å²) >= 11 is 3.34. The molecule has 0 aromatic heterocycles. The molecule has 0 saturated heterocycles. The molecule has 4 N–H and O–H groups in total. The monoisotopic (exact) mass is 327 g/mol. The molecule has 0 spiro atoms. The first-order chi connectivity index (χ1) is 8.93. The molecular weight excluding hydrogens is 310 g/mol. The second-order valence-corrected chi connectivity index (χ2v) is 5.22. The van der Waals surface area contributed by atoms with E-state index in [1.807, 2.05) is 31.2 Å². The second kappa shape index (κ2) is 7.25. The third-order valence-electron chi connectivity index (χ3n) is 2.70. The molecule has 5 nitrogen and oxygen atoms in total. The van der Waals surface area contributed by atoms with Gasteiger partial charge in [0.25, 0.3) is 0 Å². The summed E-state index contributed by atoms with van der Waals surface area (Å²) < 4.78 is 0.953. The van der Waals surface area contributed by atoms with Crippen LogP contribution in [0, 0.1) is 0 Å². The van der Waals surface area contributed by atoms with Crippen LogP contribution < -0.4 is 11.5 Å². The molecule has 0 aliphatic rings. The molecule has 6 heteroatoms. The fraction of sp³-hybridized carbons (Fsp3) is 0.385. The number of carbonyl (C=O) groups is 2. The van der Waals surface area contributed by atoms with E-state index in [9.17, 15) is 9.59 Å². The summed E-state index contributed by atoms with van der Waals surface area (Å²) in [5.74, 6) is -0.807. The summed E-state index contributed by atoms with van der Waals surface area (Å²) in [5.41, 5.74) is 11.8. The highest BCUT2D eigenvalue weighted by atomic mass is 79.9. The van der Waals surface area contributed by atoms with Crippen LogP contribution in [-0.4, -0.2) is 29.3 Å². The van der Waals surface area contributed by atoms with Gasteiger partial charge in [-0.15, -0.1) is 0 Å². The maximum atomic E-state index is 12.1. The van der Waals surface area contributed by atoms with E-state index in [4.69, 9.17) is 11.5 Å². The Morgan fingerprint density at radius 2 is 1.89 bits per heavy atom. The lowest BCUT2D eigenvalue weighted by atomic mass is 10.1. The second-order valence-electron chi connectivity index (χ2n) is 4.30. The van der Waals surface area contributed by atoms with Crippen molar-refractivity contribution < 1.29 is 9.59 Å². The van der Waals surface area contributed by atoms with Crippen LogP contribution in [0.4, 0.5) is 0 Å². The average molecular weight is 328 g/mol. The number of rotatable bonds is 6. The summed E-state index contributed by atoms with van der Waals surface area (Å²) in [4.78, 5) is 24.5. The van der Waals surface area contributed by atoms with Crippen molar-refractivity contribution in [2.45, 2.75) is 25.9 Å². The van der Waals surface area contributed by atoms with Gasteiger partial charge < -0.3 is 16.4 Å². The minimum atomic E-state index is -0.602. The number of primary amides is 1. The van der Waals surface area contributed by atoms with Crippen LogP contribution in [0.2, 0.25) is 0 Å². The van der Waals surface area contributed by atoms with Gasteiger partial charge in [-0.05, 0) is 24.1 Å². The van der Waals surface area contributed by atoms with E-state index < -0.39 is 11.9 Å². The third kappa shape index (κ3) is 5.00. The van der Waals surface area contributed by atoms with Gasteiger partial charge in [0.05, 0.1) is 12.6 Å². The number of halogens is 1. The van der Waals surface area contributed by atoms with Gasteiger partial charge in [-0.2, -0.15) is 0 Å². The topological polar surface area (TPSA) is 89.4 Å². The summed E-state index contributed by atoms with van der Waals surface area (Å²) in [7, 11) is 0. The molecule has 0 heterocycles. The van der Waals surface area contributed by atoms with E-state index in [2.05, 4.69) is 15.9 Å². The summed E-state index contributed by atoms with van der Waals surface area (Å²) in [5, 5.41) is 0. The highest BCUT2D eigenvalue weighted by Crippen LogP contribution is 2.13. The SMILES string of the molecule is CC[C@@H](N)C(=O)N(CC(N)=O)Cc1ccc(Br)cc1. The van der Waals surface area contributed by atoms with Crippen LogP contribution >= 0.6 is 15.9 Å². The van der Waals surface area contributed by atoms with E-state index in [0.29, 0.717) is 13.0 Å². The van der Waals surface area contributed by atoms with Crippen LogP contribution in [0.3, 0.4) is 0 Å². The molecule has 0 aliphatic heterocycles. The molecular formula is C13H18BrN3O2. The third-order valence-corrected chi connectivity index (χ3v) is 3.23. The zero-order chi connectivity index (χ0) is 14.4. The molecule has 1 aromatic rings. The van der Waals surface area contributed by atoms with E-state index in [0.717, 1.165) is 10.0 Å². The Balaban J connectivity index is 2.82. The molecule has 0 aliphatic carbocycles. The normalized spacial score (nSPS) is 11.9.